The number of benzene rings is 7. The standard InChI is InChI=1S/C45H28N4O/c1-4-13-29(14-5-1)43-46-44(30-15-6-2-7-16-30)48-45(47-43)35-20-12-22-41-42(35)37-28-32(24-26-40(37)50-41)31-23-25-39-36(27-31)34-19-10-11-21-38(34)49(39)33-17-8-3-9-18-33/h1-28H/i1D,2D,3D,4D,5D,6D,7D,8D,9D,10D,11D,12D,13D,14D,15D,16D,17D,18D,19D,20D,21D,22D,23D,24D,25D,26D,27D,28D. The van der Waals surface area contributed by atoms with Gasteiger partial charge in [0.05, 0.1) is 49.4 Å². The van der Waals surface area contributed by atoms with Crippen LogP contribution in [0.3, 0.4) is 0 Å². The average molecular weight is 669 g/mol. The quantitative estimate of drug-likeness (QED) is 0.183. The van der Waals surface area contributed by atoms with Crippen LogP contribution >= 0.6 is 0 Å². The lowest BCUT2D eigenvalue weighted by Crippen LogP contribution is -2.00. The number of hydrogen-bond acceptors (Lipinski definition) is 4. The first-order valence-corrected chi connectivity index (χ1v) is 14.4. The molecule has 5 heteroatoms. The Morgan fingerprint density at radius 3 is 1.72 bits per heavy atom. The minimum absolute atomic E-state index is 0.552. The molecule has 0 N–H and O–H groups in total. The molecule has 7 aromatic carbocycles. The van der Waals surface area contributed by atoms with E-state index in [0.29, 0.717) is 0 Å². The molecule has 10 rings (SSSR count). The van der Waals surface area contributed by atoms with Crippen LogP contribution in [0, 0.1) is 0 Å². The Kier molecular flexibility index (Phi) is 2.72. The summed E-state index contributed by atoms with van der Waals surface area (Å²) in [5, 5.41) is -2.32. The van der Waals surface area contributed by atoms with Crippen LogP contribution in [0.25, 0.3) is 94.7 Å². The van der Waals surface area contributed by atoms with Gasteiger partial charge in [-0.05, 0) is 59.5 Å². The van der Waals surface area contributed by atoms with Gasteiger partial charge < -0.3 is 8.98 Å². The smallest absolute Gasteiger partial charge is 0.164 e. The summed E-state index contributed by atoms with van der Waals surface area (Å²) in [5.41, 5.74) is -7.06. The number of furan rings is 1. The van der Waals surface area contributed by atoms with Crippen LogP contribution in [-0.2, 0) is 0 Å². The Morgan fingerprint density at radius 1 is 0.420 bits per heavy atom. The third-order valence-electron chi connectivity index (χ3n) is 7.50. The summed E-state index contributed by atoms with van der Waals surface area (Å²) in [4.78, 5) is 12.9. The van der Waals surface area contributed by atoms with Gasteiger partial charge in [0.2, 0.25) is 0 Å². The third-order valence-corrected chi connectivity index (χ3v) is 7.50. The van der Waals surface area contributed by atoms with Crippen molar-refractivity contribution in [2.45, 2.75) is 0 Å². The molecular formula is C45H28N4O. The lowest BCUT2D eigenvalue weighted by atomic mass is 9.99. The molecule has 0 aliphatic carbocycles. The lowest BCUT2D eigenvalue weighted by Gasteiger charge is -2.09. The molecule has 3 heterocycles. The fourth-order valence-corrected chi connectivity index (χ4v) is 5.40. The Balaban J connectivity index is 1.39. The highest BCUT2D eigenvalue weighted by molar-refractivity contribution is 6.14. The van der Waals surface area contributed by atoms with E-state index in [9.17, 15) is 9.60 Å². The SMILES string of the molecule is [2H]c1c([2H])c([2H])c(-c2nc(-c3c([2H])c([2H])c([2H])c([2H])c3[2H])nc(-c3c([2H])c([2H])c([2H])c4oc5c([2H])c([2H])c(-c6c([2H])c([2H])c7c(c6[2H])c6c([2H])c([2H])c([2H])c([2H])c6n7-c6c([2H])c([2H])c([2H])c([2H])c6[2H])c([2H])c5c34)n2)c([2H])c1[2H]. The first-order valence-electron chi connectivity index (χ1n) is 28.4. The van der Waals surface area contributed by atoms with Crippen LogP contribution in [0.5, 0.6) is 0 Å². The zero-order valence-corrected chi connectivity index (χ0v) is 24.7. The molecule has 234 valence electrons. The molecule has 0 unspecified atom stereocenters. The van der Waals surface area contributed by atoms with E-state index >= 15 is 0 Å². The van der Waals surface area contributed by atoms with Gasteiger partial charge in [-0.1, -0.05) is 121 Å². The number of nitrogens with zero attached hydrogens (tertiary/aromatic N) is 4. The molecule has 3 aromatic heterocycles. The van der Waals surface area contributed by atoms with Crippen LogP contribution in [0.2, 0.25) is 0 Å². The van der Waals surface area contributed by atoms with Crippen molar-refractivity contribution in [3.8, 4) is 51.0 Å². The summed E-state index contributed by atoms with van der Waals surface area (Å²) in [6, 6.07) is -25.2. The van der Waals surface area contributed by atoms with Gasteiger partial charge in [0, 0.05) is 43.9 Å². The fourth-order valence-electron chi connectivity index (χ4n) is 5.40. The van der Waals surface area contributed by atoms with Gasteiger partial charge in [0.15, 0.2) is 17.5 Å². The van der Waals surface area contributed by atoms with Crippen LogP contribution < -0.4 is 0 Å². The van der Waals surface area contributed by atoms with Crippen molar-refractivity contribution >= 4 is 43.7 Å². The second-order valence-electron chi connectivity index (χ2n) is 10.3. The van der Waals surface area contributed by atoms with E-state index in [1.165, 1.54) is 0 Å². The molecule has 10 aromatic rings. The number of fused-ring (bicyclic) bond motifs is 6. The van der Waals surface area contributed by atoms with E-state index in [2.05, 4.69) is 15.0 Å². The van der Waals surface area contributed by atoms with Crippen molar-refractivity contribution in [1.82, 2.24) is 19.5 Å². The highest BCUT2D eigenvalue weighted by Gasteiger charge is 2.19. The maximum Gasteiger partial charge on any atom is 0.164 e. The monoisotopic (exact) mass is 668 g/mol. The fraction of sp³-hybridized carbons (Fsp3) is 0. The molecule has 0 aliphatic heterocycles. The molecule has 0 radical (unpaired) electrons. The third kappa shape index (κ3) is 4.60. The number of hydrogen-bond donors (Lipinski definition) is 0. The molecular weight excluding hydrogens is 613 g/mol. The van der Waals surface area contributed by atoms with E-state index in [0.717, 1.165) is 4.57 Å². The highest BCUT2D eigenvalue weighted by atomic mass is 16.3. The van der Waals surface area contributed by atoms with Crippen LogP contribution in [0.1, 0.15) is 38.4 Å². The van der Waals surface area contributed by atoms with Gasteiger partial charge in [0.1, 0.15) is 11.2 Å². The lowest BCUT2D eigenvalue weighted by molar-refractivity contribution is 0.669. The second-order valence-corrected chi connectivity index (χ2v) is 10.3. The predicted molar refractivity (Wildman–Crippen MR) is 203 cm³/mol. The van der Waals surface area contributed by atoms with Gasteiger partial charge in [-0.3, -0.25) is 0 Å². The molecule has 0 amide bonds. The van der Waals surface area contributed by atoms with E-state index in [1.807, 2.05) is 0 Å². The number of rotatable bonds is 5. The summed E-state index contributed by atoms with van der Waals surface area (Å²) in [6.45, 7) is 0. The largest absolute Gasteiger partial charge is 0.456 e. The van der Waals surface area contributed by atoms with Crippen molar-refractivity contribution in [3.63, 3.8) is 0 Å². The Morgan fingerprint density at radius 2 is 1.00 bits per heavy atom. The molecule has 0 saturated carbocycles. The van der Waals surface area contributed by atoms with Crippen LogP contribution in [-0.4, -0.2) is 19.5 Å². The first-order chi connectivity index (χ1) is 36.4. The van der Waals surface area contributed by atoms with E-state index in [1.54, 1.807) is 0 Å². The Labute approximate surface area is 327 Å². The zero-order chi connectivity index (χ0) is 57.4. The summed E-state index contributed by atoms with van der Waals surface area (Å²) in [6.07, 6.45) is 0. The molecule has 50 heavy (non-hydrogen) atoms. The van der Waals surface area contributed by atoms with Crippen molar-refractivity contribution < 1.29 is 42.8 Å². The van der Waals surface area contributed by atoms with Crippen molar-refractivity contribution in [1.29, 1.82) is 0 Å². The predicted octanol–water partition coefficient (Wildman–Crippen LogP) is 11.5. The van der Waals surface area contributed by atoms with Crippen LogP contribution in [0.4, 0.5) is 0 Å². The van der Waals surface area contributed by atoms with Gasteiger partial charge in [0.25, 0.3) is 0 Å². The molecule has 5 nitrogen and oxygen atoms in total. The summed E-state index contributed by atoms with van der Waals surface area (Å²) >= 11 is 0. The highest BCUT2D eigenvalue weighted by Crippen LogP contribution is 2.40. The van der Waals surface area contributed by atoms with Crippen molar-refractivity contribution in [3.05, 3.63) is 169 Å². The van der Waals surface area contributed by atoms with Crippen LogP contribution in [0.15, 0.2) is 174 Å². The topological polar surface area (TPSA) is 56.7 Å². The molecule has 0 atom stereocenters. The van der Waals surface area contributed by atoms with Gasteiger partial charge in [-0.2, -0.15) is 0 Å². The molecule has 0 spiro atoms. The summed E-state index contributed by atoms with van der Waals surface area (Å²) in [5.74, 6) is -2.44. The second kappa shape index (κ2) is 11.4. The number of aromatic nitrogens is 4. The van der Waals surface area contributed by atoms with E-state index in [4.69, 9.17) is 33.2 Å². The number of para-hydroxylation sites is 2. The normalized spacial score (nSPS) is 19.4. The zero-order valence-electron chi connectivity index (χ0n) is 52.7. The molecule has 0 aliphatic rings. The maximum absolute atomic E-state index is 9.84. The minimum Gasteiger partial charge on any atom is -0.456 e. The van der Waals surface area contributed by atoms with E-state index < -0.39 is 264 Å². The summed E-state index contributed by atoms with van der Waals surface area (Å²) in [7, 11) is 0. The molecule has 0 saturated heterocycles. The minimum atomic E-state index is -1.02. The Bertz CT molecular complexity index is 4320. The van der Waals surface area contributed by atoms with E-state index in [-0.39, 0.29) is 0 Å². The maximum atomic E-state index is 9.84. The average Bonchev–Trinajstić information content (AvgIpc) is 4.22. The molecule has 0 fully saturated rings. The Hall–Kier alpha value is -6.85. The van der Waals surface area contributed by atoms with Gasteiger partial charge >= 0.3 is 0 Å². The molecule has 0 bridgehead atoms. The van der Waals surface area contributed by atoms with Crippen molar-refractivity contribution in [2.24, 2.45) is 0 Å². The van der Waals surface area contributed by atoms with Crippen molar-refractivity contribution in [2.75, 3.05) is 0 Å². The summed E-state index contributed by atoms with van der Waals surface area (Å²) < 4.78 is 254. The first kappa shape index (κ1) is 11.9. The van der Waals surface area contributed by atoms with Gasteiger partial charge in [-0.25, -0.2) is 15.0 Å². The van der Waals surface area contributed by atoms with Gasteiger partial charge in [-0.15, -0.1) is 0 Å².